The van der Waals surface area contributed by atoms with Crippen LogP contribution in [0, 0.1) is 16.0 Å². The average Bonchev–Trinajstić information content (AvgIpc) is 2.57. The molecule has 1 saturated heterocycles. The van der Waals surface area contributed by atoms with E-state index in [1.54, 1.807) is 12.1 Å². The van der Waals surface area contributed by atoms with Crippen LogP contribution in [0.4, 0.5) is 11.4 Å². The molecule has 1 aromatic rings. The van der Waals surface area contributed by atoms with Gasteiger partial charge in [0.05, 0.1) is 11.5 Å². The van der Waals surface area contributed by atoms with Crippen molar-refractivity contribution in [3.05, 3.63) is 33.9 Å². The van der Waals surface area contributed by atoms with E-state index < -0.39 is 16.4 Å². The standard InChI is InChI=1S/C19H28N4O4/c1-13-6-5-9-22(12-13)15-8-7-14(10-16(15)23(26)27)18(25)20-11-17(24)21-19(2,3)4/h7-8,10,13H,5-6,9,11-12H2,1-4H3,(H,20,25)(H,21,24)/t13-/m1/s1. The summed E-state index contributed by atoms with van der Waals surface area (Å²) in [7, 11) is 0. The number of rotatable bonds is 5. The normalized spacial score (nSPS) is 17.3. The van der Waals surface area contributed by atoms with E-state index in [1.165, 1.54) is 6.07 Å². The molecular formula is C19H28N4O4. The summed E-state index contributed by atoms with van der Waals surface area (Å²) in [6, 6.07) is 4.48. The molecule has 1 heterocycles. The first-order valence-corrected chi connectivity index (χ1v) is 9.19. The lowest BCUT2D eigenvalue weighted by Crippen LogP contribution is -2.45. The van der Waals surface area contributed by atoms with Crippen molar-refractivity contribution in [2.75, 3.05) is 24.5 Å². The van der Waals surface area contributed by atoms with Gasteiger partial charge in [-0.25, -0.2) is 0 Å². The van der Waals surface area contributed by atoms with Crippen molar-refractivity contribution in [1.29, 1.82) is 0 Å². The summed E-state index contributed by atoms with van der Waals surface area (Å²) in [5.41, 5.74) is 0.219. The van der Waals surface area contributed by atoms with Crippen molar-refractivity contribution < 1.29 is 14.5 Å². The third-order valence-corrected chi connectivity index (χ3v) is 4.36. The van der Waals surface area contributed by atoms with Gasteiger partial charge in [0.1, 0.15) is 5.69 Å². The van der Waals surface area contributed by atoms with Gasteiger partial charge in [0.15, 0.2) is 0 Å². The second-order valence-electron chi connectivity index (χ2n) is 8.13. The number of hydrogen-bond acceptors (Lipinski definition) is 5. The molecule has 8 heteroatoms. The summed E-state index contributed by atoms with van der Waals surface area (Å²) in [6.45, 7) is 9.00. The number of piperidine rings is 1. The summed E-state index contributed by atoms with van der Waals surface area (Å²) in [5, 5.41) is 16.8. The number of benzene rings is 1. The third-order valence-electron chi connectivity index (χ3n) is 4.36. The van der Waals surface area contributed by atoms with Gasteiger partial charge in [0.2, 0.25) is 5.91 Å². The molecule has 1 aliphatic heterocycles. The van der Waals surface area contributed by atoms with Crippen molar-refractivity contribution in [2.24, 2.45) is 5.92 Å². The van der Waals surface area contributed by atoms with Crippen LogP contribution in [0.15, 0.2) is 18.2 Å². The smallest absolute Gasteiger partial charge is 0.293 e. The molecule has 8 nitrogen and oxygen atoms in total. The molecule has 1 aromatic carbocycles. The zero-order valence-electron chi connectivity index (χ0n) is 16.4. The number of carbonyl (C=O) groups is 2. The van der Waals surface area contributed by atoms with Crippen molar-refractivity contribution in [3.63, 3.8) is 0 Å². The minimum Gasteiger partial charge on any atom is -0.366 e. The molecule has 0 aliphatic carbocycles. The van der Waals surface area contributed by atoms with Gasteiger partial charge in [-0.2, -0.15) is 0 Å². The van der Waals surface area contributed by atoms with Crippen LogP contribution in [0.1, 0.15) is 50.9 Å². The Balaban J connectivity index is 2.11. The first kappa shape index (κ1) is 20.7. The summed E-state index contributed by atoms with van der Waals surface area (Å²) in [4.78, 5) is 37.2. The molecule has 148 valence electrons. The number of anilines is 1. The molecular weight excluding hydrogens is 348 g/mol. The Kier molecular flexibility index (Phi) is 6.41. The fraction of sp³-hybridized carbons (Fsp3) is 0.579. The number of hydrogen-bond donors (Lipinski definition) is 2. The molecule has 0 radical (unpaired) electrons. The molecule has 0 unspecified atom stereocenters. The molecule has 2 N–H and O–H groups in total. The van der Waals surface area contributed by atoms with Crippen LogP contribution in [0.3, 0.4) is 0 Å². The molecule has 1 fully saturated rings. The van der Waals surface area contributed by atoms with Gasteiger partial charge in [-0.1, -0.05) is 6.92 Å². The monoisotopic (exact) mass is 376 g/mol. The zero-order chi connectivity index (χ0) is 20.2. The topological polar surface area (TPSA) is 105 Å². The second-order valence-corrected chi connectivity index (χ2v) is 8.13. The quantitative estimate of drug-likeness (QED) is 0.607. The molecule has 0 aromatic heterocycles. The molecule has 1 atom stereocenters. The van der Waals surface area contributed by atoms with Crippen LogP contribution < -0.4 is 15.5 Å². The minimum absolute atomic E-state index is 0.0871. The minimum atomic E-state index is -0.513. The Morgan fingerprint density at radius 2 is 2.04 bits per heavy atom. The molecule has 2 rings (SSSR count). The summed E-state index contributed by atoms with van der Waals surface area (Å²) < 4.78 is 0. The highest BCUT2D eigenvalue weighted by Gasteiger charge is 2.25. The number of nitro groups is 1. The van der Waals surface area contributed by atoms with Crippen molar-refractivity contribution in [1.82, 2.24) is 10.6 Å². The SMILES string of the molecule is C[C@@H]1CCCN(c2ccc(C(=O)NCC(=O)NC(C)(C)C)cc2[N+](=O)[O-])C1. The lowest BCUT2D eigenvalue weighted by molar-refractivity contribution is -0.384. The van der Waals surface area contributed by atoms with E-state index >= 15 is 0 Å². The van der Waals surface area contributed by atoms with Crippen LogP contribution in [0.5, 0.6) is 0 Å². The van der Waals surface area contributed by atoms with E-state index in [2.05, 4.69) is 17.6 Å². The Hall–Kier alpha value is -2.64. The lowest BCUT2D eigenvalue weighted by Gasteiger charge is -2.32. The first-order valence-electron chi connectivity index (χ1n) is 9.19. The van der Waals surface area contributed by atoms with Crippen LogP contribution >= 0.6 is 0 Å². The molecule has 0 saturated carbocycles. The van der Waals surface area contributed by atoms with E-state index in [-0.39, 0.29) is 23.7 Å². The van der Waals surface area contributed by atoms with E-state index in [0.717, 1.165) is 25.9 Å². The summed E-state index contributed by atoms with van der Waals surface area (Å²) in [6.07, 6.45) is 2.10. The van der Waals surface area contributed by atoms with Gasteiger partial charge in [-0.3, -0.25) is 19.7 Å². The molecule has 1 aliphatic rings. The Bertz CT molecular complexity index is 727. The van der Waals surface area contributed by atoms with Gasteiger partial charge in [0, 0.05) is 30.3 Å². The third kappa shape index (κ3) is 5.94. The number of nitrogens with one attached hydrogen (secondary N) is 2. The predicted octanol–water partition coefficient (Wildman–Crippen LogP) is 2.48. The Morgan fingerprint density at radius 3 is 2.63 bits per heavy atom. The molecule has 0 bridgehead atoms. The average molecular weight is 376 g/mol. The fourth-order valence-electron chi connectivity index (χ4n) is 3.21. The van der Waals surface area contributed by atoms with E-state index in [4.69, 9.17) is 0 Å². The lowest BCUT2D eigenvalue weighted by atomic mass is 9.99. The van der Waals surface area contributed by atoms with Gasteiger partial charge in [-0.05, 0) is 51.7 Å². The molecule has 27 heavy (non-hydrogen) atoms. The predicted molar refractivity (Wildman–Crippen MR) is 104 cm³/mol. The highest BCUT2D eigenvalue weighted by Crippen LogP contribution is 2.32. The Morgan fingerprint density at radius 1 is 1.33 bits per heavy atom. The number of carbonyl (C=O) groups excluding carboxylic acids is 2. The summed E-state index contributed by atoms with van der Waals surface area (Å²) in [5.74, 6) is -0.354. The fourth-order valence-corrected chi connectivity index (χ4v) is 3.21. The highest BCUT2D eigenvalue weighted by atomic mass is 16.6. The highest BCUT2D eigenvalue weighted by molar-refractivity contribution is 5.97. The number of nitrogens with zero attached hydrogens (tertiary/aromatic N) is 2. The van der Waals surface area contributed by atoms with Gasteiger partial charge in [0.25, 0.3) is 11.6 Å². The van der Waals surface area contributed by atoms with Gasteiger partial charge < -0.3 is 15.5 Å². The zero-order valence-corrected chi connectivity index (χ0v) is 16.4. The van der Waals surface area contributed by atoms with Crippen molar-refractivity contribution >= 4 is 23.2 Å². The number of nitro benzene ring substituents is 1. The molecule has 2 amide bonds. The van der Waals surface area contributed by atoms with E-state index in [9.17, 15) is 19.7 Å². The largest absolute Gasteiger partial charge is 0.366 e. The second kappa shape index (κ2) is 8.37. The van der Waals surface area contributed by atoms with Crippen LogP contribution in [-0.2, 0) is 4.79 Å². The van der Waals surface area contributed by atoms with Gasteiger partial charge >= 0.3 is 0 Å². The van der Waals surface area contributed by atoms with E-state index in [0.29, 0.717) is 11.6 Å². The van der Waals surface area contributed by atoms with Crippen molar-refractivity contribution in [2.45, 2.75) is 46.1 Å². The maximum absolute atomic E-state index is 12.3. The number of amides is 2. The summed E-state index contributed by atoms with van der Waals surface area (Å²) >= 11 is 0. The van der Waals surface area contributed by atoms with Gasteiger partial charge in [-0.15, -0.1) is 0 Å². The first-order chi connectivity index (χ1) is 12.6. The van der Waals surface area contributed by atoms with Crippen molar-refractivity contribution in [3.8, 4) is 0 Å². The maximum atomic E-state index is 12.3. The molecule has 0 spiro atoms. The van der Waals surface area contributed by atoms with Crippen LogP contribution in [0.2, 0.25) is 0 Å². The van der Waals surface area contributed by atoms with E-state index in [1.807, 2.05) is 25.7 Å². The maximum Gasteiger partial charge on any atom is 0.293 e. The Labute approximate surface area is 159 Å². The van der Waals surface area contributed by atoms with Crippen LogP contribution in [0.25, 0.3) is 0 Å². The van der Waals surface area contributed by atoms with Crippen LogP contribution in [-0.4, -0.2) is 41.9 Å².